The summed E-state index contributed by atoms with van der Waals surface area (Å²) in [5.41, 5.74) is 5.70. The molecule has 4 N–H and O–H groups in total. The van der Waals surface area contributed by atoms with Crippen LogP contribution in [0.5, 0.6) is 0 Å². The van der Waals surface area contributed by atoms with E-state index in [1.54, 1.807) is 10.8 Å². The minimum atomic E-state index is -3.29. The molecule has 2 aliphatic heterocycles. The Bertz CT molecular complexity index is 1500. The number of oxime groups is 1. The number of hydrogen-bond donors (Lipinski definition) is 3. The molecule has 2 atom stereocenters. The number of carboxylic acid groups (broad SMARTS) is 1. The third-order valence-electron chi connectivity index (χ3n) is 5.73. The number of nitrogens with two attached hydrogens (primary N) is 1. The first-order valence-corrected chi connectivity index (χ1v) is 13.3. The molecule has 5 rings (SSSR count). The molecule has 3 aromatic heterocycles. The van der Waals surface area contributed by atoms with Crippen LogP contribution in [0.2, 0.25) is 0 Å². The highest BCUT2D eigenvalue weighted by Gasteiger charge is 2.56. The molecule has 3 aromatic rings. The number of anilines is 1. The van der Waals surface area contributed by atoms with Crippen LogP contribution in [-0.2, 0) is 19.2 Å². The third-order valence-corrected chi connectivity index (χ3v) is 8.49. The number of carboxylic acids is 1. The monoisotopic (exact) mass is 567 g/mol. The summed E-state index contributed by atoms with van der Waals surface area (Å²) in [6.45, 7) is -1.34. The molecule has 11 nitrogen and oxygen atoms in total. The zero-order chi connectivity index (χ0) is 26.4. The number of β-lactam (4-membered cyclic amide) rings is 1. The number of aromatic nitrogens is 2. The summed E-state index contributed by atoms with van der Waals surface area (Å²) in [5.74, 6) is -2.67. The van der Waals surface area contributed by atoms with Crippen molar-refractivity contribution in [3.05, 3.63) is 46.0 Å². The van der Waals surface area contributed by atoms with Gasteiger partial charge in [-0.1, -0.05) is 28.3 Å². The fourth-order valence-corrected chi connectivity index (χ4v) is 6.90. The smallest absolute Gasteiger partial charge is 0.407 e. The van der Waals surface area contributed by atoms with Crippen LogP contribution >= 0.6 is 34.4 Å². The summed E-state index contributed by atoms with van der Waals surface area (Å²) in [6, 6.07) is 2.02. The molecule has 1 saturated heterocycles. The Morgan fingerprint density at radius 1 is 1.38 bits per heavy atom. The number of rotatable bonds is 7. The van der Waals surface area contributed by atoms with Crippen molar-refractivity contribution in [2.45, 2.75) is 25.6 Å². The number of nitrogens with one attached hydrogen (secondary N) is 1. The Balaban J connectivity index is 1.44. The van der Waals surface area contributed by atoms with E-state index in [2.05, 4.69) is 20.3 Å². The van der Waals surface area contributed by atoms with E-state index in [9.17, 15) is 28.3 Å². The number of thioether (sulfide) groups is 1. The predicted octanol–water partition coefficient (Wildman–Crippen LogP) is 1.83. The standard InChI is InChI=1S/C21H16F2N6O5S3/c1-8-2-4-28(17-9(8)3-5-35-17)18-14(19(32)33)29-11(7-36-18)13(16(29)31)26-15(30)12(27-34-20(22)23)10-6-37-21(24)25-10/h2-6,11,13,20H,7H2,1H3,(H3-,24,25,26,30,32,33)/p+1. The topological polar surface area (TPSA) is 151 Å². The number of hydrogen-bond acceptors (Lipinski definition) is 10. The highest BCUT2D eigenvalue weighted by atomic mass is 32.2. The van der Waals surface area contributed by atoms with Gasteiger partial charge in [-0.2, -0.15) is 8.78 Å². The predicted molar refractivity (Wildman–Crippen MR) is 133 cm³/mol. The lowest BCUT2D eigenvalue weighted by atomic mass is 9.94. The first kappa shape index (κ1) is 25.0. The number of aliphatic carboxylic acids is 1. The van der Waals surface area contributed by atoms with Crippen LogP contribution in [-0.4, -0.2) is 62.9 Å². The molecule has 2 unspecified atom stereocenters. The number of carbonyl (C=O) groups excluding carboxylic acids is 2. The zero-order valence-corrected chi connectivity index (χ0v) is 21.2. The Morgan fingerprint density at radius 2 is 2.16 bits per heavy atom. The number of fused-ring (bicyclic) bond motifs is 2. The highest BCUT2D eigenvalue weighted by Crippen LogP contribution is 2.40. The van der Waals surface area contributed by atoms with Gasteiger partial charge in [0, 0.05) is 17.2 Å². The molecule has 37 heavy (non-hydrogen) atoms. The maximum Gasteiger partial charge on any atom is 0.407 e. The van der Waals surface area contributed by atoms with Crippen molar-refractivity contribution in [3.8, 4) is 0 Å². The van der Waals surface area contributed by atoms with Crippen LogP contribution in [0.4, 0.5) is 13.9 Å². The number of amides is 2. The van der Waals surface area contributed by atoms with Crippen molar-refractivity contribution >= 4 is 78.3 Å². The average molecular weight is 568 g/mol. The van der Waals surface area contributed by atoms with E-state index >= 15 is 0 Å². The van der Waals surface area contributed by atoms with Crippen molar-refractivity contribution in [1.29, 1.82) is 0 Å². The minimum absolute atomic E-state index is 0.0688. The second kappa shape index (κ2) is 9.68. The summed E-state index contributed by atoms with van der Waals surface area (Å²) in [4.78, 5) is 48.0. The number of nitrogen functional groups attached to an aromatic ring is 1. The number of halogens is 2. The van der Waals surface area contributed by atoms with Gasteiger partial charge in [-0.25, -0.2) is 9.78 Å². The van der Waals surface area contributed by atoms with Gasteiger partial charge in [0.25, 0.3) is 21.7 Å². The summed E-state index contributed by atoms with van der Waals surface area (Å²) in [5, 5.41) is 20.3. The molecule has 0 aliphatic carbocycles. The van der Waals surface area contributed by atoms with Crippen LogP contribution in [0, 0.1) is 6.92 Å². The van der Waals surface area contributed by atoms with E-state index in [0.717, 1.165) is 32.0 Å². The van der Waals surface area contributed by atoms with Gasteiger partial charge < -0.3 is 21.0 Å². The maximum atomic E-state index is 13.1. The molecule has 0 aromatic carbocycles. The maximum absolute atomic E-state index is 13.1. The molecule has 192 valence electrons. The van der Waals surface area contributed by atoms with E-state index < -0.39 is 42.2 Å². The molecule has 2 amide bonds. The number of alkyl halides is 2. The van der Waals surface area contributed by atoms with Crippen molar-refractivity contribution in [2.24, 2.45) is 5.16 Å². The van der Waals surface area contributed by atoms with Gasteiger partial charge >= 0.3 is 12.6 Å². The van der Waals surface area contributed by atoms with Gasteiger partial charge in [0.15, 0.2) is 17.0 Å². The molecule has 0 saturated carbocycles. The molecule has 5 heterocycles. The average Bonchev–Trinajstić information content (AvgIpc) is 3.52. The van der Waals surface area contributed by atoms with Gasteiger partial charge in [0.05, 0.1) is 11.4 Å². The van der Waals surface area contributed by atoms with Crippen LogP contribution in [0.3, 0.4) is 0 Å². The number of carbonyl (C=O) groups is 3. The van der Waals surface area contributed by atoms with E-state index in [0.29, 0.717) is 5.03 Å². The van der Waals surface area contributed by atoms with Crippen LogP contribution < -0.4 is 15.6 Å². The van der Waals surface area contributed by atoms with E-state index in [1.165, 1.54) is 28.5 Å². The van der Waals surface area contributed by atoms with Gasteiger partial charge in [-0.05, 0) is 23.9 Å². The second-order valence-corrected chi connectivity index (χ2v) is 10.7. The number of thiazole rings is 1. The molecular formula is C21H17F2N6O5S3+. The van der Waals surface area contributed by atoms with Crippen molar-refractivity contribution < 1.29 is 37.7 Å². The molecule has 1 fully saturated rings. The Labute approximate surface area is 219 Å². The van der Waals surface area contributed by atoms with Gasteiger partial charge in [-0.15, -0.1) is 15.9 Å². The SMILES string of the molecule is Cc1cc[n+](C2=C(C(=O)O)N3C(=O)C(NC(=O)C(=NOC(F)F)c4csc(N)n4)C3CS2)c2sccc12. The fraction of sp³-hybridized carbons (Fsp3) is 0.238. The Hall–Kier alpha value is -3.63. The largest absolute Gasteiger partial charge is 0.476 e. The lowest BCUT2D eigenvalue weighted by Gasteiger charge is -2.48. The lowest BCUT2D eigenvalue weighted by Crippen LogP contribution is -2.73. The van der Waals surface area contributed by atoms with E-state index in [-0.39, 0.29) is 22.3 Å². The first-order valence-electron chi connectivity index (χ1n) is 10.5. The number of pyridine rings is 1. The summed E-state index contributed by atoms with van der Waals surface area (Å²) >= 11 is 3.64. The normalized spacial score (nSPS) is 19.7. The van der Waals surface area contributed by atoms with Crippen LogP contribution in [0.25, 0.3) is 15.2 Å². The molecule has 0 radical (unpaired) electrons. The fourth-order valence-electron chi connectivity index (χ4n) is 4.06. The first-order chi connectivity index (χ1) is 17.7. The quantitative estimate of drug-likeness (QED) is 0.169. The van der Waals surface area contributed by atoms with Crippen molar-refractivity contribution in [2.75, 3.05) is 11.5 Å². The van der Waals surface area contributed by atoms with Gasteiger partial charge in [0.1, 0.15) is 11.7 Å². The summed E-state index contributed by atoms with van der Waals surface area (Å²) < 4.78 is 26.9. The van der Waals surface area contributed by atoms with Gasteiger partial charge in [0.2, 0.25) is 5.70 Å². The third kappa shape index (κ3) is 4.40. The van der Waals surface area contributed by atoms with Crippen LogP contribution in [0.15, 0.2) is 39.9 Å². The van der Waals surface area contributed by atoms with E-state index in [4.69, 9.17) is 5.73 Å². The molecule has 2 aliphatic rings. The lowest BCUT2D eigenvalue weighted by molar-refractivity contribution is -0.542. The highest BCUT2D eigenvalue weighted by molar-refractivity contribution is 8.07. The molecule has 0 bridgehead atoms. The zero-order valence-electron chi connectivity index (χ0n) is 18.8. The summed E-state index contributed by atoms with van der Waals surface area (Å²) in [7, 11) is 0. The van der Waals surface area contributed by atoms with Crippen molar-refractivity contribution in [3.63, 3.8) is 0 Å². The molecule has 0 spiro atoms. The molecular weight excluding hydrogens is 550 g/mol. The Morgan fingerprint density at radius 3 is 2.84 bits per heavy atom. The Kier molecular flexibility index (Phi) is 6.55. The minimum Gasteiger partial charge on any atom is -0.476 e. The van der Waals surface area contributed by atoms with Crippen LogP contribution in [0.1, 0.15) is 11.3 Å². The number of aryl methyl sites for hydroxylation is 1. The molecule has 16 heteroatoms. The van der Waals surface area contributed by atoms with Crippen molar-refractivity contribution in [1.82, 2.24) is 15.2 Å². The van der Waals surface area contributed by atoms with E-state index in [1.807, 2.05) is 24.4 Å². The summed E-state index contributed by atoms with van der Waals surface area (Å²) in [6.07, 6.45) is 1.76. The number of nitrogens with zero attached hydrogens (tertiary/aromatic N) is 4. The van der Waals surface area contributed by atoms with Gasteiger partial charge in [-0.3, -0.25) is 14.5 Å². The second-order valence-electron chi connectivity index (χ2n) is 7.88. The number of thiophene rings is 1.